The minimum absolute atomic E-state index is 0.178. The lowest BCUT2D eigenvalue weighted by Gasteiger charge is -2.28. The van der Waals surface area contributed by atoms with E-state index in [1.165, 1.54) is 31.4 Å². The first-order valence-corrected chi connectivity index (χ1v) is 10.9. The van der Waals surface area contributed by atoms with Crippen LogP contribution in [0.25, 0.3) is 0 Å². The maximum atomic E-state index is 12.7. The second-order valence-corrected chi connectivity index (χ2v) is 9.05. The van der Waals surface area contributed by atoms with Gasteiger partial charge in [0.2, 0.25) is 11.8 Å². The first-order valence-electron chi connectivity index (χ1n) is 10.00. The molecule has 1 aromatic rings. The van der Waals surface area contributed by atoms with Crippen molar-refractivity contribution in [3.8, 4) is 0 Å². The van der Waals surface area contributed by atoms with Crippen LogP contribution in [0.15, 0.2) is 24.3 Å². The number of benzene rings is 1. The summed E-state index contributed by atoms with van der Waals surface area (Å²) >= 11 is 12.6. The number of nitrogens with zero attached hydrogens (tertiary/aromatic N) is 1. The first kappa shape index (κ1) is 22.5. The maximum absolute atomic E-state index is 12.7. The molecule has 1 heterocycles. The number of fused-ring (bicyclic) bond motifs is 5. The summed E-state index contributed by atoms with van der Waals surface area (Å²) in [5.74, 6) is -4.33. The van der Waals surface area contributed by atoms with Crippen molar-refractivity contribution in [1.29, 1.82) is 0 Å². The van der Waals surface area contributed by atoms with Gasteiger partial charge >= 0.3 is 11.9 Å². The molecule has 11 heteroatoms. The van der Waals surface area contributed by atoms with Crippen LogP contribution in [0, 0.1) is 23.7 Å². The number of imide groups is 1. The van der Waals surface area contributed by atoms with Gasteiger partial charge in [-0.1, -0.05) is 0 Å². The summed E-state index contributed by atoms with van der Waals surface area (Å²) in [4.78, 5) is 62.0. The second kappa shape index (κ2) is 8.71. The average molecular weight is 483 g/mol. The molecule has 1 aromatic carbocycles. The number of anilines is 1. The maximum Gasteiger partial charge on any atom is 0.337 e. The number of rotatable bonds is 6. The molecule has 0 aromatic heterocycles. The zero-order chi connectivity index (χ0) is 23.2. The van der Waals surface area contributed by atoms with E-state index in [0.717, 1.165) is 4.90 Å². The van der Waals surface area contributed by atoms with E-state index < -0.39 is 54.6 Å². The predicted octanol–water partition coefficient (Wildman–Crippen LogP) is 1.42. The minimum Gasteiger partial charge on any atom is -0.465 e. The van der Waals surface area contributed by atoms with Crippen molar-refractivity contribution in [3.05, 3.63) is 29.8 Å². The van der Waals surface area contributed by atoms with Crippen LogP contribution >= 0.6 is 23.2 Å². The van der Waals surface area contributed by atoms with Crippen molar-refractivity contribution >= 4 is 58.5 Å². The number of halogens is 2. The zero-order valence-electron chi connectivity index (χ0n) is 17.0. The molecule has 0 unspecified atom stereocenters. The molecule has 9 nitrogen and oxygen atoms in total. The van der Waals surface area contributed by atoms with Crippen molar-refractivity contribution in [1.82, 2.24) is 4.90 Å². The molecule has 32 heavy (non-hydrogen) atoms. The third-order valence-corrected chi connectivity index (χ3v) is 7.64. The topological polar surface area (TPSA) is 119 Å². The van der Waals surface area contributed by atoms with Crippen molar-refractivity contribution in [2.24, 2.45) is 23.7 Å². The molecule has 2 saturated carbocycles. The van der Waals surface area contributed by atoms with E-state index in [1.807, 2.05) is 0 Å². The van der Waals surface area contributed by atoms with Crippen molar-refractivity contribution in [2.75, 3.05) is 25.6 Å². The lowest BCUT2D eigenvalue weighted by atomic mass is 9.80. The summed E-state index contributed by atoms with van der Waals surface area (Å²) in [5.41, 5.74) is 0.703. The third kappa shape index (κ3) is 3.84. The van der Waals surface area contributed by atoms with E-state index in [4.69, 9.17) is 27.9 Å². The summed E-state index contributed by atoms with van der Waals surface area (Å²) < 4.78 is 9.52. The van der Waals surface area contributed by atoms with E-state index >= 15 is 0 Å². The fourth-order valence-electron chi connectivity index (χ4n) is 4.89. The molecule has 6 atom stereocenters. The van der Waals surface area contributed by atoms with Crippen LogP contribution in [0.4, 0.5) is 5.69 Å². The molecular weight excluding hydrogens is 463 g/mol. The molecule has 3 amide bonds. The van der Waals surface area contributed by atoms with Gasteiger partial charge in [-0.25, -0.2) is 4.79 Å². The SMILES string of the molecule is COC(=O)c1ccc(NC(=O)COC(=O)CN2C(=O)[C@@H]3[C@H]4C[C@@H]([C@H](Cl)[C@@H]4Cl)[C@@H]3C2=O)cc1. The number of esters is 2. The summed E-state index contributed by atoms with van der Waals surface area (Å²) in [6.45, 7) is -1.16. The molecule has 2 bridgehead atoms. The van der Waals surface area contributed by atoms with Crippen molar-refractivity contribution in [3.63, 3.8) is 0 Å². The molecule has 4 rings (SSSR count). The van der Waals surface area contributed by atoms with Gasteiger partial charge in [-0.3, -0.25) is 24.1 Å². The van der Waals surface area contributed by atoms with Crippen molar-refractivity contribution < 1.29 is 33.4 Å². The Bertz CT molecular complexity index is 951. The van der Waals surface area contributed by atoms with E-state index in [-0.39, 0.29) is 22.6 Å². The molecule has 170 valence electrons. The summed E-state index contributed by atoms with van der Waals surface area (Å²) in [5, 5.41) is 1.75. The van der Waals surface area contributed by atoms with Crippen LogP contribution in [0.1, 0.15) is 16.8 Å². The highest BCUT2D eigenvalue weighted by Gasteiger charge is 2.66. The number of methoxy groups -OCH3 is 1. The number of hydrogen-bond donors (Lipinski definition) is 1. The average Bonchev–Trinajstić information content (AvgIpc) is 3.38. The van der Waals surface area contributed by atoms with Gasteiger partial charge in [-0.15, -0.1) is 23.2 Å². The first-order chi connectivity index (χ1) is 15.2. The third-order valence-electron chi connectivity index (χ3n) is 6.32. The van der Waals surface area contributed by atoms with Gasteiger partial charge in [0.15, 0.2) is 6.61 Å². The van der Waals surface area contributed by atoms with Gasteiger partial charge in [0, 0.05) is 5.69 Å². The molecule has 1 saturated heterocycles. The van der Waals surface area contributed by atoms with Crippen LogP contribution in [-0.2, 0) is 28.7 Å². The number of ether oxygens (including phenoxy) is 2. The van der Waals surface area contributed by atoms with Gasteiger partial charge in [0.1, 0.15) is 6.54 Å². The quantitative estimate of drug-likeness (QED) is 0.369. The van der Waals surface area contributed by atoms with Crippen LogP contribution in [-0.4, -0.2) is 65.6 Å². The van der Waals surface area contributed by atoms with Gasteiger partial charge in [0.25, 0.3) is 5.91 Å². The fraction of sp³-hybridized carbons (Fsp3) is 0.476. The summed E-state index contributed by atoms with van der Waals surface area (Å²) in [7, 11) is 1.26. The number of amides is 3. The van der Waals surface area contributed by atoms with Crippen LogP contribution in [0.3, 0.4) is 0 Å². The number of likely N-dealkylation sites (tertiary alicyclic amines) is 1. The zero-order valence-corrected chi connectivity index (χ0v) is 18.5. The second-order valence-electron chi connectivity index (χ2n) is 8.04. The number of hydrogen-bond acceptors (Lipinski definition) is 7. The number of alkyl halides is 2. The molecule has 2 aliphatic carbocycles. The van der Waals surface area contributed by atoms with E-state index in [9.17, 15) is 24.0 Å². The Kier molecular flexibility index (Phi) is 6.13. The summed E-state index contributed by atoms with van der Waals surface area (Å²) in [6, 6.07) is 5.93. The monoisotopic (exact) mass is 482 g/mol. The molecule has 3 fully saturated rings. The van der Waals surface area contributed by atoms with Crippen LogP contribution < -0.4 is 5.32 Å². The highest BCUT2D eigenvalue weighted by molar-refractivity contribution is 6.31. The smallest absolute Gasteiger partial charge is 0.337 e. The Morgan fingerprint density at radius 2 is 1.59 bits per heavy atom. The highest BCUT2D eigenvalue weighted by atomic mass is 35.5. The number of carbonyl (C=O) groups excluding carboxylic acids is 5. The predicted molar refractivity (Wildman–Crippen MR) is 112 cm³/mol. The van der Waals surface area contributed by atoms with Gasteiger partial charge in [0.05, 0.1) is 35.3 Å². The molecular formula is C21H20Cl2N2O7. The highest BCUT2D eigenvalue weighted by Crippen LogP contribution is 2.59. The fourth-order valence-corrected chi connectivity index (χ4v) is 5.78. The van der Waals surface area contributed by atoms with Crippen LogP contribution in [0.5, 0.6) is 0 Å². The van der Waals surface area contributed by atoms with E-state index in [2.05, 4.69) is 10.1 Å². The normalized spacial score (nSPS) is 30.3. The number of nitrogens with one attached hydrogen (secondary N) is 1. The van der Waals surface area contributed by atoms with Crippen LogP contribution in [0.2, 0.25) is 0 Å². The molecule has 0 radical (unpaired) electrons. The minimum atomic E-state index is -0.875. The molecule has 0 spiro atoms. The summed E-state index contributed by atoms with van der Waals surface area (Å²) in [6.07, 6.45) is 0.633. The largest absolute Gasteiger partial charge is 0.465 e. The van der Waals surface area contributed by atoms with Gasteiger partial charge in [-0.2, -0.15) is 0 Å². The lowest BCUT2D eigenvalue weighted by molar-refractivity contribution is -0.154. The lowest BCUT2D eigenvalue weighted by Crippen LogP contribution is -2.38. The standard InChI is InChI=1S/C21H20Cl2N2O7/c1-31-21(30)9-2-4-10(5-3-9)24-13(26)8-32-14(27)7-25-19(28)15-11-6-12(16(15)20(25)29)18(23)17(11)22/h2-5,11-12,15-18H,6-8H2,1H3,(H,24,26)/t11-,12-,15-,16+,17-,18+/m1/s1. The Balaban J connectivity index is 1.28. The molecule has 1 N–H and O–H groups in total. The Labute approximate surface area is 193 Å². The molecule has 3 aliphatic rings. The van der Waals surface area contributed by atoms with Crippen molar-refractivity contribution in [2.45, 2.75) is 17.2 Å². The number of carbonyl (C=O) groups is 5. The van der Waals surface area contributed by atoms with E-state index in [0.29, 0.717) is 17.7 Å². The Hall–Kier alpha value is -2.65. The van der Waals surface area contributed by atoms with Gasteiger partial charge < -0.3 is 14.8 Å². The molecule has 1 aliphatic heterocycles. The Morgan fingerprint density at radius 3 is 2.12 bits per heavy atom. The van der Waals surface area contributed by atoms with Gasteiger partial charge in [-0.05, 0) is 42.5 Å². The Morgan fingerprint density at radius 1 is 1.03 bits per heavy atom. The van der Waals surface area contributed by atoms with E-state index in [1.54, 1.807) is 0 Å².